The molecule has 1 aliphatic rings. The average molecular weight is 322 g/mol. The summed E-state index contributed by atoms with van der Waals surface area (Å²) >= 11 is 0. The minimum Gasteiger partial charge on any atom is -0.244 e. The number of nitriles is 2. The van der Waals surface area contributed by atoms with Gasteiger partial charge in [0.05, 0.1) is 33.5 Å². The van der Waals surface area contributed by atoms with E-state index in [1.165, 1.54) is 6.07 Å². The van der Waals surface area contributed by atoms with E-state index in [2.05, 4.69) is 9.97 Å². The largest absolute Gasteiger partial charge is 0.244 e. The van der Waals surface area contributed by atoms with Crippen LogP contribution in [-0.2, 0) is 0 Å². The predicted octanol–water partition coefficient (Wildman–Crippen LogP) is 4.31. The maximum atomic E-state index is 14.2. The normalized spacial score (nSPS) is 11.3. The first kappa shape index (κ1) is 13.6. The molecule has 0 bridgehead atoms. The van der Waals surface area contributed by atoms with Crippen molar-refractivity contribution in [2.75, 3.05) is 0 Å². The van der Waals surface area contributed by atoms with Crippen LogP contribution in [0.1, 0.15) is 11.1 Å². The smallest absolute Gasteiger partial charge is 0.131 e. The Morgan fingerprint density at radius 3 is 2.00 bits per heavy atom. The average Bonchev–Trinajstić information content (AvgIpc) is 2.96. The van der Waals surface area contributed by atoms with Crippen LogP contribution in [0.5, 0.6) is 0 Å². The lowest BCUT2D eigenvalue weighted by Gasteiger charge is -2.05. The fourth-order valence-corrected chi connectivity index (χ4v) is 3.43. The second-order valence-electron chi connectivity index (χ2n) is 5.85. The first-order valence-electron chi connectivity index (χ1n) is 7.59. The maximum Gasteiger partial charge on any atom is 0.131 e. The Hall–Kier alpha value is -3.83. The van der Waals surface area contributed by atoms with Gasteiger partial charge in [0.25, 0.3) is 0 Å². The zero-order valence-electron chi connectivity index (χ0n) is 12.7. The van der Waals surface area contributed by atoms with Crippen molar-refractivity contribution >= 4 is 21.8 Å². The Balaban J connectivity index is 1.93. The molecule has 114 valence electrons. The summed E-state index contributed by atoms with van der Waals surface area (Å²) in [6.07, 6.45) is 0. The van der Waals surface area contributed by atoms with Gasteiger partial charge in [0.2, 0.25) is 0 Å². The third-order valence-electron chi connectivity index (χ3n) is 4.54. The molecule has 0 saturated heterocycles. The van der Waals surface area contributed by atoms with Crippen LogP contribution in [0.4, 0.5) is 4.39 Å². The fraction of sp³-hybridized carbons (Fsp3) is 0. The zero-order chi connectivity index (χ0) is 17.1. The molecule has 0 radical (unpaired) electrons. The van der Waals surface area contributed by atoms with E-state index < -0.39 is 0 Å². The lowest BCUT2D eigenvalue weighted by Crippen LogP contribution is -1.93. The van der Waals surface area contributed by atoms with Gasteiger partial charge in [-0.15, -0.1) is 0 Å². The molecular formula is C20H7FN4. The summed E-state index contributed by atoms with van der Waals surface area (Å²) < 4.78 is 14.2. The van der Waals surface area contributed by atoms with E-state index >= 15 is 0 Å². The second kappa shape index (κ2) is 4.59. The van der Waals surface area contributed by atoms with Gasteiger partial charge in [0.1, 0.15) is 18.0 Å². The summed E-state index contributed by atoms with van der Waals surface area (Å²) in [6.45, 7) is 0. The van der Waals surface area contributed by atoms with E-state index in [0.717, 1.165) is 16.5 Å². The summed E-state index contributed by atoms with van der Waals surface area (Å²) in [5.41, 5.74) is 4.63. The Kier molecular flexibility index (Phi) is 2.50. The number of fused-ring (bicyclic) bond motifs is 4. The second-order valence-corrected chi connectivity index (χ2v) is 5.85. The third kappa shape index (κ3) is 1.67. The van der Waals surface area contributed by atoms with Gasteiger partial charge in [-0.3, -0.25) is 0 Å². The topological polar surface area (TPSA) is 73.4 Å². The van der Waals surface area contributed by atoms with Crippen molar-refractivity contribution in [3.8, 4) is 34.7 Å². The van der Waals surface area contributed by atoms with Crippen molar-refractivity contribution in [2.24, 2.45) is 0 Å². The van der Waals surface area contributed by atoms with E-state index in [4.69, 9.17) is 0 Å². The van der Waals surface area contributed by atoms with Crippen LogP contribution in [0.3, 0.4) is 0 Å². The molecule has 0 saturated carbocycles. The van der Waals surface area contributed by atoms with Crippen molar-refractivity contribution in [1.29, 1.82) is 10.5 Å². The molecule has 1 aromatic heterocycles. The molecule has 1 heterocycles. The van der Waals surface area contributed by atoms with E-state index in [1.54, 1.807) is 30.3 Å². The van der Waals surface area contributed by atoms with Gasteiger partial charge in [-0.25, -0.2) is 14.4 Å². The predicted molar refractivity (Wildman–Crippen MR) is 90.9 cm³/mol. The molecule has 4 nitrogen and oxygen atoms in total. The van der Waals surface area contributed by atoms with E-state index in [9.17, 15) is 14.9 Å². The van der Waals surface area contributed by atoms with Gasteiger partial charge >= 0.3 is 0 Å². The van der Waals surface area contributed by atoms with Crippen molar-refractivity contribution in [2.45, 2.75) is 0 Å². The monoisotopic (exact) mass is 322 g/mol. The molecule has 0 N–H and O–H groups in total. The third-order valence-corrected chi connectivity index (χ3v) is 4.54. The Bertz CT molecular complexity index is 1260. The van der Waals surface area contributed by atoms with Crippen LogP contribution in [-0.4, -0.2) is 9.97 Å². The van der Waals surface area contributed by atoms with E-state index in [0.29, 0.717) is 27.8 Å². The standard InChI is InChI=1S/C20H7FN4/c21-15-5-4-14-18-12(15)2-1-3-13(18)19-20(14)25-17-7-11(9-23)10(8-22)6-16(17)24-19/h1-7H. The lowest BCUT2D eigenvalue weighted by molar-refractivity contribution is 0.640. The van der Waals surface area contributed by atoms with Gasteiger partial charge in [-0.1, -0.05) is 18.2 Å². The summed E-state index contributed by atoms with van der Waals surface area (Å²) in [6, 6.07) is 15.7. The molecule has 3 aromatic carbocycles. The molecule has 0 amide bonds. The number of nitrogens with zero attached hydrogens (tertiary/aromatic N) is 4. The molecule has 0 fully saturated rings. The van der Waals surface area contributed by atoms with Gasteiger partial charge in [0, 0.05) is 21.9 Å². The Labute approximate surface area is 141 Å². The van der Waals surface area contributed by atoms with Crippen LogP contribution in [0, 0.1) is 28.5 Å². The molecular weight excluding hydrogens is 315 g/mol. The number of halogens is 1. The van der Waals surface area contributed by atoms with Crippen LogP contribution in [0.2, 0.25) is 0 Å². The number of aromatic nitrogens is 2. The quantitative estimate of drug-likeness (QED) is 0.426. The highest BCUT2D eigenvalue weighted by atomic mass is 19.1. The molecule has 25 heavy (non-hydrogen) atoms. The SMILES string of the molecule is N#Cc1cc2nc3c(nc2cc1C#N)-c1ccc(F)c2cccc-3c12. The van der Waals surface area contributed by atoms with Crippen molar-refractivity contribution in [1.82, 2.24) is 9.97 Å². The first-order chi connectivity index (χ1) is 12.2. The fourth-order valence-electron chi connectivity index (χ4n) is 3.43. The number of hydrogen-bond donors (Lipinski definition) is 0. The summed E-state index contributed by atoms with van der Waals surface area (Å²) in [7, 11) is 0. The Morgan fingerprint density at radius 2 is 1.40 bits per heavy atom. The van der Waals surface area contributed by atoms with Gasteiger partial charge < -0.3 is 0 Å². The first-order valence-corrected chi connectivity index (χ1v) is 7.59. The maximum absolute atomic E-state index is 14.2. The summed E-state index contributed by atoms with van der Waals surface area (Å²) in [5.74, 6) is -0.281. The summed E-state index contributed by atoms with van der Waals surface area (Å²) in [5, 5.41) is 19.8. The van der Waals surface area contributed by atoms with Crippen LogP contribution >= 0.6 is 0 Å². The van der Waals surface area contributed by atoms with Gasteiger partial charge in [0.15, 0.2) is 0 Å². The highest BCUT2D eigenvalue weighted by Crippen LogP contribution is 2.46. The molecule has 0 atom stereocenters. The van der Waals surface area contributed by atoms with E-state index in [1.807, 2.05) is 18.2 Å². The lowest BCUT2D eigenvalue weighted by atomic mass is 10.0. The molecule has 5 rings (SSSR count). The molecule has 0 spiro atoms. The molecule has 0 unspecified atom stereocenters. The van der Waals surface area contributed by atoms with Gasteiger partial charge in [-0.2, -0.15) is 10.5 Å². The van der Waals surface area contributed by atoms with Crippen molar-refractivity contribution in [3.05, 3.63) is 59.4 Å². The van der Waals surface area contributed by atoms with Crippen LogP contribution in [0.15, 0.2) is 42.5 Å². The van der Waals surface area contributed by atoms with Gasteiger partial charge in [-0.05, 0) is 24.3 Å². The molecule has 1 aliphatic carbocycles. The molecule has 0 aliphatic heterocycles. The number of hydrogen-bond acceptors (Lipinski definition) is 4. The zero-order valence-corrected chi connectivity index (χ0v) is 12.7. The summed E-state index contributed by atoms with van der Waals surface area (Å²) in [4.78, 5) is 9.33. The van der Waals surface area contributed by atoms with Crippen molar-refractivity contribution < 1.29 is 4.39 Å². The minimum absolute atomic E-state index is 0.268. The highest BCUT2D eigenvalue weighted by Gasteiger charge is 2.26. The Morgan fingerprint density at radius 1 is 0.800 bits per heavy atom. The molecule has 5 heteroatoms. The number of benzene rings is 3. The number of rotatable bonds is 0. The molecule has 4 aromatic rings. The highest BCUT2D eigenvalue weighted by molar-refractivity contribution is 6.14. The minimum atomic E-state index is -0.281. The van der Waals surface area contributed by atoms with Crippen molar-refractivity contribution in [3.63, 3.8) is 0 Å². The van der Waals surface area contributed by atoms with E-state index in [-0.39, 0.29) is 16.9 Å². The van der Waals surface area contributed by atoms with Crippen LogP contribution in [0.25, 0.3) is 44.3 Å². The van der Waals surface area contributed by atoms with Crippen LogP contribution < -0.4 is 0 Å².